The summed E-state index contributed by atoms with van der Waals surface area (Å²) < 4.78 is 15.2. The molecular formula is C32H28BNO2. The van der Waals surface area contributed by atoms with Crippen LogP contribution >= 0.6 is 0 Å². The molecule has 1 aliphatic rings. The molecule has 7 rings (SSSR count). The summed E-state index contributed by atoms with van der Waals surface area (Å²) in [4.78, 5) is 0. The molecular weight excluding hydrogens is 441 g/mol. The molecule has 0 saturated carbocycles. The van der Waals surface area contributed by atoms with Gasteiger partial charge in [-0.05, 0) is 56.1 Å². The minimum atomic E-state index is -0.393. The Bertz CT molecular complexity index is 1790. The van der Waals surface area contributed by atoms with Gasteiger partial charge in [-0.15, -0.1) is 0 Å². The van der Waals surface area contributed by atoms with Crippen molar-refractivity contribution < 1.29 is 9.31 Å². The van der Waals surface area contributed by atoms with Crippen LogP contribution in [0.25, 0.3) is 49.0 Å². The summed E-state index contributed by atoms with van der Waals surface area (Å²) in [6.07, 6.45) is 0. The number of nitrogens with zero attached hydrogens (tertiary/aromatic N) is 1. The predicted octanol–water partition coefficient (Wildman–Crippen LogP) is 7.39. The molecule has 6 aromatic rings. The molecule has 4 heteroatoms. The average Bonchev–Trinajstić information content (AvgIpc) is 3.33. The Kier molecular flexibility index (Phi) is 4.49. The maximum absolute atomic E-state index is 6.40. The van der Waals surface area contributed by atoms with Crippen LogP contribution in [0.2, 0.25) is 0 Å². The van der Waals surface area contributed by atoms with Gasteiger partial charge >= 0.3 is 7.12 Å². The van der Waals surface area contributed by atoms with E-state index in [0.717, 1.165) is 5.46 Å². The van der Waals surface area contributed by atoms with E-state index in [1.54, 1.807) is 0 Å². The Morgan fingerprint density at radius 1 is 0.583 bits per heavy atom. The highest BCUT2D eigenvalue weighted by Crippen LogP contribution is 2.40. The minimum absolute atomic E-state index is 0.375. The van der Waals surface area contributed by atoms with E-state index in [-0.39, 0.29) is 11.2 Å². The van der Waals surface area contributed by atoms with Crippen LogP contribution in [0.5, 0.6) is 0 Å². The molecule has 176 valence electrons. The minimum Gasteiger partial charge on any atom is -0.399 e. The summed E-state index contributed by atoms with van der Waals surface area (Å²) in [5, 5.41) is 7.39. The molecule has 1 fully saturated rings. The van der Waals surface area contributed by atoms with E-state index < -0.39 is 7.12 Å². The third-order valence-electron chi connectivity index (χ3n) is 8.21. The van der Waals surface area contributed by atoms with Crippen molar-refractivity contribution in [2.24, 2.45) is 0 Å². The molecule has 1 aromatic heterocycles. The summed E-state index contributed by atoms with van der Waals surface area (Å²) in [7, 11) is -0.393. The predicted molar refractivity (Wildman–Crippen MR) is 152 cm³/mol. The van der Waals surface area contributed by atoms with Gasteiger partial charge < -0.3 is 13.9 Å². The van der Waals surface area contributed by atoms with Gasteiger partial charge in [0.1, 0.15) is 0 Å². The standard InChI is InChI=1S/C32H28BNO2/c1-31(2)32(3,4)36-33(35-31)23-17-19-29-27(20-23)26-18-16-22-11-6-8-14-25(22)30(26)34(29)28-15-9-12-21-10-5-7-13-24(21)28/h5-20H,1-4H3. The molecule has 0 bridgehead atoms. The lowest BCUT2D eigenvalue weighted by Crippen LogP contribution is -2.41. The lowest BCUT2D eigenvalue weighted by Gasteiger charge is -2.32. The summed E-state index contributed by atoms with van der Waals surface area (Å²) in [5.74, 6) is 0. The van der Waals surface area contributed by atoms with Crippen LogP contribution < -0.4 is 5.46 Å². The van der Waals surface area contributed by atoms with E-state index in [1.165, 1.54) is 49.0 Å². The lowest BCUT2D eigenvalue weighted by atomic mass is 9.78. The molecule has 0 radical (unpaired) electrons. The molecule has 1 saturated heterocycles. The highest BCUT2D eigenvalue weighted by molar-refractivity contribution is 6.62. The highest BCUT2D eigenvalue weighted by Gasteiger charge is 2.51. The summed E-state index contributed by atoms with van der Waals surface area (Å²) in [6.45, 7) is 8.40. The second-order valence-corrected chi connectivity index (χ2v) is 10.9. The first kappa shape index (κ1) is 21.7. The maximum Gasteiger partial charge on any atom is 0.494 e. The van der Waals surface area contributed by atoms with Crippen LogP contribution in [0.4, 0.5) is 0 Å². The van der Waals surface area contributed by atoms with E-state index in [4.69, 9.17) is 9.31 Å². The second-order valence-electron chi connectivity index (χ2n) is 10.9. The van der Waals surface area contributed by atoms with Crippen molar-refractivity contribution >= 4 is 55.9 Å². The molecule has 0 atom stereocenters. The first-order chi connectivity index (χ1) is 17.3. The molecule has 0 N–H and O–H groups in total. The zero-order valence-corrected chi connectivity index (χ0v) is 21.1. The SMILES string of the molecule is CC1(C)OB(c2ccc3c(c2)c2ccc4ccccc4c2n3-c2cccc3ccccc23)OC1(C)C. The topological polar surface area (TPSA) is 23.4 Å². The molecule has 2 heterocycles. The Morgan fingerprint density at radius 3 is 1.97 bits per heavy atom. The molecule has 0 amide bonds. The maximum atomic E-state index is 6.40. The van der Waals surface area contributed by atoms with E-state index >= 15 is 0 Å². The Hall–Kier alpha value is -3.60. The van der Waals surface area contributed by atoms with Crippen molar-refractivity contribution in [1.29, 1.82) is 0 Å². The zero-order chi connectivity index (χ0) is 24.7. The van der Waals surface area contributed by atoms with Crippen LogP contribution in [0.1, 0.15) is 27.7 Å². The van der Waals surface area contributed by atoms with Gasteiger partial charge in [0.2, 0.25) is 0 Å². The Labute approximate surface area is 211 Å². The fraction of sp³-hybridized carbons (Fsp3) is 0.188. The van der Waals surface area contributed by atoms with Gasteiger partial charge in [0.15, 0.2) is 0 Å². The number of hydrogen-bond donors (Lipinski definition) is 0. The van der Waals surface area contributed by atoms with Gasteiger partial charge in [-0.3, -0.25) is 0 Å². The fourth-order valence-electron chi connectivity index (χ4n) is 5.58. The van der Waals surface area contributed by atoms with Crippen molar-refractivity contribution in [3.8, 4) is 5.69 Å². The first-order valence-corrected chi connectivity index (χ1v) is 12.6. The Balaban J connectivity index is 1.56. The molecule has 3 nitrogen and oxygen atoms in total. The van der Waals surface area contributed by atoms with E-state index in [9.17, 15) is 0 Å². The van der Waals surface area contributed by atoms with Crippen LogP contribution in [-0.4, -0.2) is 22.9 Å². The van der Waals surface area contributed by atoms with Crippen LogP contribution in [0.3, 0.4) is 0 Å². The van der Waals surface area contributed by atoms with Crippen molar-refractivity contribution in [3.05, 3.63) is 97.1 Å². The normalized spacial score (nSPS) is 17.1. The lowest BCUT2D eigenvalue weighted by molar-refractivity contribution is 0.00578. The van der Waals surface area contributed by atoms with E-state index in [0.29, 0.717) is 0 Å². The van der Waals surface area contributed by atoms with Gasteiger partial charge in [0.25, 0.3) is 0 Å². The first-order valence-electron chi connectivity index (χ1n) is 12.6. The van der Waals surface area contributed by atoms with Gasteiger partial charge in [0, 0.05) is 21.5 Å². The van der Waals surface area contributed by atoms with Gasteiger partial charge in [-0.25, -0.2) is 0 Å². The summed E-state index contributed by atoms with van der Waals surface area (Å²) in [6, 6.07) is 35.0. The number of benzene rings is 5. The monoisotopic (exact) mass is 469 g/mol. The summed E-state index contributed by atoms with van der Waals surface area (Å²) in [5.41, 5.74) is 3.89. The van der Waals surface area contributed by atoms with Gasteiger partial charge in [-0.1, -0.05) is 84.9 Å². The number of fused-ring (bicyclic) bond motifs is 6. The van der Waals surface area contributed by atoms with Crippen molar-refractivity contribution in [1.82, 2.24) is 4.57 Å². The second kappa shape index (κ2) is 7.46. The largest absolute Gasteiger partial charge is 0.494 e. The number of aromatic nitrogens is 1. The van der Waals surface area contributed by atoms with Crippen molar-refractivity contribution in [2.45, 2.75) is 38.9 Å². The van der Waals surface area contributed by atoms with Gasteiger partial charge in [0.05, 0.1) is 27.9 Å². The molecule has 5 aromatic carbocycles. The van der Waals surface area contributed by atoms with E-state index in [2.05, 4.69) is 129 Å². The fourth-order valence-corrected chi connectivity index (χ4v) is 5.58. The van der Waals surface area contributed by atoms with Crippen LogP contribution in [0, 0.1) is 0 Å². The molecule has 0 spiro atoms. The van der Waals surface area contributed by atoms with Crippen LogP contribution in [0.15, 0.2) is 97.1 Å². The van der Waals surface area contributed by atoms with Crippen molar-refractivity contribution in [3.63, 3.8) is 0 Å². The number of rotatable bonds is 2. The zero-order valence-electron chi connectivity index (χ0n) is 21.1. The average molecular weight is 469 g/mol. The third-order valence-corrected chi connectivity index (χ3v) is 8.21. The molecule has 0 aliphatic carbocycles. The molecule has 36 heavy (non-hydrogen) atoms. The van der Waals surface area contributed by atoms with E-state index in [1.807, 2.05) is 0 Å². The van der Waals surface area contributed by atoms with Crippen LogP contribution in [-0.2, 0) is 9.31 Å². The Morgan fingerprint density at radius 2 is 1.22 bits per heavy atom. The third kappa shape index (κ3) is 3.01. The highest BCUT2D eigenvalue weighted by atomic mass is 16.7. The summed E-state index contributed by atoms with van der Waals surface area (Å²) >= 11 is 0. The quantitative estimate of drug-likeness (QED) is 0.247. The smallest absolute Gasteiger partial charge is 0.399 e. The molecule has 0 unspecified atom stereocenters. The van der Waals surface area contributed by atoms with Crippen molar-refractivity contribution in [2.75, 3.05) is 0 Å². The molecule has 1 aliphatic heterocycles. The number of hydrogen-bond acceptors (Lipinski definition) is 2. The van der Waals surface area contributed by atoms with Gasteiger partial charge in [-0.2, -0.15) is 0 Å².